The van der Waals surface area contributed by atoms with E-state index in [-0.39, 0.29) is 18.2 Å². The number of rotatable bonds is 8. The number of benzene rings is 1. The SMILES string of the molecule is CCCNCCNS(=O)(=O)Cc1ccccc1.Cl. The molecule has 0 bridgehead atoms. The molecule has 0 spiro atoms. The lowest BCUT2D eigenvalue weighted by atomic mass is 10.2. The summed E-state index contributed by atoms with van der Waals surface area (Å²) in [6.45, 7) is 4.10. The second-order valence-electron chi connectivity index (χ2n) is 3.89. The molecule has 0 heterocycles. The molecule has 1 aromatic rings. The fourth-order valence-electron chi connectivity index (χ4n) is 1.44. The number of hydrogen-bond acceptors (Lipinski definition) is 3. The number of hydrogen-bond donors (Lipinski definition) is 2. The Kier molecular flexibility index (Phi) is 9.01. The zero-order valence-corrected chi connectivity index (χ0v) is 12.2. The summed E-state index contributed by atoms with van der Waals surface area (Å²) in [5.74, 6) is 0.0433. The van der Waals surface area contributed by atoms with Gasteiger partial charge in [0.25, 0.3) is 0 Å². The molecule has 6 heteroatoms. The fourth-order valence-corrected chi connectivity index (χ4v) is 2.59. The zero-order chi connectivity index (χ0) is 12.6. The smallest absolute Gasteiger partial charge is 0.215 e. The standard InChI is InChI=1S/C12H20N2O2S.ClH/c1-2-8-13-9-10-14-17(15,16)11-12-6-4-3-5-7-12;/h3-7,13-14H,2,8-11H2,1H3;1H. The van der Waals surface area contributed by atoms with Crippen molar-refractivity contribution in [1.29, 1.82) is 0 Å². The lowest BCUT2D eigenvalue weighted by molar-refractivity contribution is 0.574. The largest absolute Gasteiger partial charge is 0.315 e. The van der Waals surface area contributed by atoms with Gasteiger partial charge < -0.3 is 5.32 Å². The summed E-state index contributed by atoms with van der Waals surface area (Å²) in [4.78, 5) is 0. The number of nitrogens with one attached hydrogen (secondary N) is 2. The van der Waals surface area contributed by atoms with E-state index >= 15 is 0 Å². The van der Waals surface area contributed by atoms with Gasteiger partial charge >= 0.3 is 0 Å². The van der Waals surface area contributed by atoms with Crippen LogP contribution in [0.2, 0.25) is 0 Å². The molecular weight excluding hydrogens is 272 g/mol. The topological polar surface area (TPSA) is 58.2 Å². The second kappa shape index (κ2) is 9.33. The third-order valence-corrected chi connectivity index (χ3v) is 3.61. The normalized spacial score (nSPS) is 10.9. The first-order chi connectivity index (χ1) is 8.14. The highest BCUT2D eigenvalue weighted by atomic mass is 35.5. The van der Waals surface area contributed by atoms with Gasteiger partial charge in [0.15, 0.2) is 0 Å². The molecule has 18 heavy (non-hydrogen) atoms. The Morgan fingerprint density at radius 1 is 1.06 bits per heavy atom. The summed E-state index contributed by atoms with van der Waals surface area (Å²) in [5, 5.41) is 3.14. The molecule has 0 atom stereocenters. The molecule has 2 N–H and O–H groups in total. The second-order valence-corrected chi connectivity index (χ2v) is 5.70. The van der Waals surface area contributed by atoms with Gasteiger partial charge in [-0.15, -0.1) is 12.4 Å². The third-order valence-electron chi connectivity index (χ3n) is 2.25. The van der Waals surface area contributed by atoms with E-state index < -0.39 is 10.0 Å². The Morgan fingerprint density at radius 3 is 2.33 bits per heavy atom. The Labute approximate surface area is 116 Å². The van der Waals surface area contributed by atoms with Crippen molar-refractivity contribution in [2.75, 3.05) is 19.6 Å². The zero-order valence-electron chi connectivity index (χ0n) is 10.6. The van der Waals surface area contributed by atoms with Crippen LogP contribution in [0.1, 0.15) is 18.9 Å². The highest BCUT2D eigenvalue weighted by Gasteiger charge is 2.09. The van der Waals surface area contributed by atoms with Gasteiger partial charge in [-0.05, 0) is 18.5 Å². The maximum Gasteiger partial charge on any atom is 0.215 e. The highest BCUT2D eigenvalue weighted by molar-refractivity contribution is 7.88. The summed E-state index contributed by atoms with van der Waals surface area (Å²) in [5.41, 5.74) is 0.807. The first-order valence-electron chi connectivity index (χ1n) is 5.86. The van der Waals surface area contributed by atoms with E-state index in [9.17, 15) is 8.42 Å². The van der Waals surface area contributed by atoms with Crippen LogP contribution in [-0.4, -0.2) is 28.1 Å². The van der Waals surface area contributed by atoms with Crippen molar-refractivity contribution < 1.29 is 8.42 Å². The summed E-state index contributed by atoms with van der Waals surface area (Å²) >= 11 is 0. The molecule has 0 aliphatic carbocycles. The van der Waals surface area contributed by atoms with Crippen molar-refractivity contribution >= 4 is 22.4 Å². The lowest BCUT2D eigenvalue weighted by Crippen LogP contribution is -2.32. The predicted octanol–water partition coefficient (Wildman–Crippen LogP) is 1.53. The average molecular weight is 293 g/mol. The van der Waals surface area contributed by atoms with Crippen LogP contribution >= 0.6 is 12.4 Å². The van der Waals surface area contributed by atoms with Crippen molar-refractivity contribution in [2.24, 2.45) is 0 Å². The Bertz CT molecular complexity index is 409. The molecule has 0 unspecified atom stereocenters. The van der Waals surface area contributed by atoms with E-state index in [1.165, 1.54) is 0 Å². The molecule has 4 nitrogen and oxygen atoms in total. The van der Waals surface area contributed by atoms with Crippen molar-refractivity contribution in [2.45, 2.75) is 19.1 Å². The highest BCUT2D eigenvalue weighted by Crippen LogP contribution is 2.03. The van der Waals surface area contributed by atoms with Crippen LogP contribution < -0.4 is 10.0 Å². The molecule has 0 amide bonds. The molecule has 0 radical (unpaired) electrons. The molecule has 0 aromatic heterocycles. The minimum atomic E-state index is -3.21. The lowest BCUT2D eigenvalue weighted by Gasteiger charge is -2.07. The monoisotopic (exact) mass is 292 g/mol. The van der Waals surface area contributed by atoms with Gasteiger partial charge in [0.1, 0.15) is 0 Å². The fraction of sp³-hybridized carbons (Fsp3) is 0.500. The summed E-state index contributed by atoms with van der Waals surface area (Å²) in [7, 11) is -3.21. The molecule has 1 aromatic carbocycles. The minimum Gasteiger partial charge on any atom is -0.315 e. The first kappa shape index (κ1) is 17.4. The van der Waals surface area contributed by atoms with E-state index in [1.54, 1.807) is 0 Å². The van der Waals surface area contributed by atoms with Crippen LogP contribution in [0.3, 0.4) is 0 Å². The van der Waals surface area contributed by atoms with Crippen LogP contribution in [-0.2, 0) is 15.8 Å². The summed E-state index contributed by atoms with van der Waals surface area (Å²) < 4.78 is 26.0. The van der Waals surface area contributed by atoms with Crippen molar-refractivity contribution in [1.82, 2.24) is 10.0 Å². The van der Waals surface area contributed by atoms with Gasteiger partial charge in [-0.2, -0.15) is 0 Å². The Hall–Kier alpha value is -0.620. The molecule has 0 saturated carbocycles. The van der Waals surface area contributed by atoms with E-state index in [1.807, 2.05) is 30.3 Å². The maximum absolute atomic E-state index is 11.7. The number of halogens is 1. The van der Waals surface area contributed by atoms with Crippen molar-refractivity contribution in [3.63, 3.8) is 0 Å². The van der Waals surface area contributed by atoms with Gasteiger partial charge in [-0.1, -0.05) is 37.3 Å². The summed E-state index contributed by atoms with van der Waals surface area (Å²) in [6, 6.07) is 9.18. The maximum atomic E-state index is 11.7. The van der Waals surface area contributed by atoms with Crippen LogP contribution in [0.5, 0.6) is 0 Å². The summed E-state index contributed by atoms with van der Waals surface area (Å²) in [6.07, 6.45) is 1.05. The molecule has 0 aliphatic rings. The van der Waals surface area contributed by atoms with Crippen LogP contribution in [0.25, 0.3) is 0 Å². The molecule has 0 fully saturated rings. The van der Waals surface area contributed by atoms with Crippen molar-refractivity contribution in [3.05, 3.63) is 35.9 Å². The van der Waals surface area contributed by atoms with Gasteiger partial charge in [-0.3, -0.25) is 0 Å². The molecule has 104 valence electrons. The van der Waals surface area contributed by atoms with E-state index in [0.717, 1.165) is 18.5 Å². The average Bonchev–Trinajstić information content (AvgIpc) is 2.29. The van der Waals surface area contributed by atoms with Gasteiger partial charge in [0.2, 0.25) is 10.0 Å². The Morgan fingerprint density at radius 2 is 1.72 bits per heavy atom. The van der Waals surface area contributed by atoms with Gasteiger partial charge in [-0.25, -0.2) is 13.1 Å². The van der Waals surface area contributed by atoms with Crippen LogP contribution in [0.15, 0.2) is 30.3 Å². The molecule has 1 rings (SSSR count). The predicted molar refractivity (Wildman–Crippen MR) is 77.5 cm³/mol. The van der Waals surface area contributed by atoms with Gasteiger partial charge in [0, 0.05) is 13.1 Å². The molecule has 0 aliphatic heterocycles. The number of sulfonamides is 1. The molecular formula is C12H21ClN2O2S. The van der Waals surface area contributed by atoms with E-state index in [4.69, 9.17) is 0 Å². The van der Waals surface area contributed by atoms with Gasteiger partial charge in [0.05, 0.1) is 5.75 Å². The van der Waals surface area contributed by atoms with Crippen LogP contribution in [0, 0.1) is 0 Å². The van der Waals surface area contributed by atoms with Crippen LogP contribution in [0.4, 0.5) is 0 Å². The quantitative estimate of drug-likeness (QED) is 0.715. The first-order valence-corrected chi connectivity index (χ1v) is 7.51. The van der Waals surface area contributed by atoms with E-state index in [2.05, 4.69) is 17.0 Å². The van der Waals surface area contributed by atoms with Crippen molar-refractivity contribution in [3.8, 4) is 0 Å². The molecule has 0 saturated heterocycles. The van der Waals surface area contributed by atoms with E-state index in [0.29, 0.717) is 13.1 Å². The Balaban J connectivity index is 0.00000289. The minimum absolute atomic E-state index is 0. The third kappa shape index (κ3) is 7.66.